The summed E-state index contributed by atoms with van der Waals surface area (Å²) in [7, 11) is -1.81. The van der Waals surface area contributed by atoms with Crippen molar-refractivity contribution in [2.45, 2.75) is 58.9 Å². The molecular formula is C12H24O2Si. The number of rotatable bonds is 4. The third kappa shape index (κ3) is 4.30. The summed E-state index contributed by atoms with van der Waals surface area (Å²) in [5.41, 5.74) is 0. The standard InChI is InChI=1S/C12H24O2Si/c1-8-9-11(13)10(2)14-15(6,7)12(3,4)5/h8-10H,1-7H3/b9-8+/t10-/m0/s1. The van der Waals surface area contributed by atoms with Crippen molar-refractivity contribution in [2.75, 3.05) is 0 Å². The maximum absolute atomic E-state index is 11.6. The van der Waals surface area contributed by atoms with Crippen LogP contribution in [0.2, 0.25) is 18.1 Å². The molecular weight excluding hydrogens is 204 g/mol. The van der Waals surface area contributed by atoms with E-state index in [0.717, 1.165) is 0 Å². The van der Waals surface area contributed by atoms with E-state index in [1.807, 2.05) is 13.8 Å². The second-order valence-corrected chi connectivity index (χ2v) is 10.2. The van der Waals surface area contributed by atoms with E-state index in [9.17, 15) is 4.79 Å². The van der Waals surface area contributed by atoms with E-state index in [1.165, 1.54) is 0 Å². The number of hydrogen-bond donors (Lipinski definition) is 0. The molecule has 0 saturated heterocycles. The third-order valence-corrected chi connectivity index (χ3v) is 7.56. The third-order valence-electron chi connectivity index (χ3n) is 3.01. The summed E-state index contributed by atoms with van der Waals surface area (Å²) in [6.45, 7) is 14.5. The zero-order valence-electron chi connectivity index (χ0n) is 11.0. The van der Waals surface area contributed by atoms with E-state index in [-0.39, 0.29) is 16.9 Å². The average Bonchev–Trinajstić information content (AvgIpc) is 2.01. The second kappa shape index (κ2) is 5.08. The predicted molar refractivity (Wildman–Crippen MR) is 67.6 cm³/mol. The SMILES string of the molecule is C/C=C/C(=O)[C@H](C)O[Si](C)(C)C(C)(C)C. The zero-order valence-corrected chi connectivity index (χ0v) is 12.0. The van der Waals surface area contributed by atoms with E-state index in [2.05, 4.69) is 33.9 Å². The van der Waals surface area contributed by atoms with Crippen molar-refractivity contribution < 1.29 is 9.22 Å². The maximum Gasteiger partial charge on any atom is 0.193 e. The molecule has 0 spiro atoms. The number of ketones is 1. The topological polar surface area (TPSA) is 26.3 Å². The van der Waals surface area contributed by atoms with Crippen LogP contribution in [-0.4, -0.2) is 20.2 Å². The highest BCUT2D eigenvalue weighted by molar-refractivity contribution is 6.74. The summed E-state index contributed by atoms with van der Waals surface area (Å²) < 4.78 is 5.95. The van der Waals surface area contributed by atoms with E-state index in [4.69, 9.17) is 4.43 Å². The summed E-state index contributed by atoms with van der Waals surface area (Å²) in [5, 5.41) is 0.150. The van der Waals surface area contributed by atoms with Crippen molar-refractivity contribution in [3.63, 3.8) is 0 Å². The fourth-order valence-corrected chi connectivity index (χ4v) is 2.33. The number of carbonyl (C=O) groups is 1. The van der Waals surface area contributed by atoms with Gasteiger partial charge in [-0.3, -0.25) is 4.79 Å². The Kier molecular flexibility index (Phi) is 4.94. The summed E-state index contributed by atoms with van der Waals surface area (Å²) in [6, 6.07) is 0. The number of allylic oxidation sites excluding steroid dienone is 1. The highest BCUT2D eigenvalue weighted by Crippen LogP contribution is 2.37. The van der Waals surface area contributed by atoms with Crippen LogP contribution in [0, 0.1) is 0 Å². The first-order valence-corrected chi connectivity index (χ1v) is 8.37. The minimum Gasteiger partial charge on any atom is -0.407 e. The zero-order chi connectivity index (χ0) is 12.3. The van der Waals surface area contributed by atoms with Gasteiger partial charge in [-0.2, -0.15) is 0 Å². The second-order valence-electron chi connectivity index (χ2n) is 5.42. The van der Waals surface area contributed by atoms with Crippen molar-refractivity contribution in [2.24, 2.45) is 0 Å². The normalized spacial score (nSPS) is 15.7. The molecule has 0 unspecified atom stereocenters. The average molecular weight is 228 g/mol. The van der Waals surface area contributed by atoms with E-state index < -0.39 is 8.32 Å². The lowest BCUT2D eigenvalue weighted by Crippen LogP contribution is -2.44. The lowest BCUT2D eigenvalue weighted by atomic mass is 10.2. The Morgan fingerprint density at radius 1 is 1.33 bits per heavy atom. The van der Waals surface area contributed by atoms with Gasteiger partial charge in [0.2, 0.25) is 0 Å². The van der Waals surface area contributed by atoms with Gasteiger partial charge >= 0.3 is 0 Å². The van der Waals surface area contributed by atoms with Crippen LogP contribution in [0.1, 0.15) is 34.6 Å². The van der Waals surface area contributed by atoms with Gasteiger partial charge in [0.25, 0.3) is 0 Å². The van der Waals surface area contributed by atoms with Crippen LogP contribution in [0.3, 0.4) is 0 Å². The van der Waals surface area contributed by atoms with Crippen molar-refractivity contribution >= 4 is 14.1 Å². The van der Waals surface area contributed by atoms with Crippen LogP contribution < -0.4 is 0 Å². The smallest absolute Gasteiger partial charge is 0.193 e. The van der Waals surface area contributed by atoms with Gasteiger partial charge in [0, 0.05) is 0 Å². The molecule has 0 aromatic rings. The lowest BCUT2D eigenvalue weighted by molar-refractivity contribution is -0.120. The first-order chi connectivity index (χ1) is 6.62. The molecule has 0 rings (SSSR count). The van der Waals surface area contributed by atoms with Gasteiger partial charge in [-0.25, -0.2) is 0 Å². The van der Waals surface area contributed by atoms with Gasteiger partial charge in [0.05, 0.1) is 0 Å². The molecule has 2 nitrogen and oxygen atoms in total. The molecule has 0 heterocycles. The summed E-state index contributed by atoms with van der Waals surface area (Å²) >= 11 is 0. The Labute approximate surface area is 94.8 Å². The molecule has 0 aromatic carbocycles. The maximum atomic E-state index is 11.6. The Morgan fingerprint density at radius 2 is 1.80 bits per heavy atom. The molecule has 0 aliphatic rings. The monoisotopic (exact) mass is 228 g/mol. The molecule has 0 fully saturated rings. The summed E-state index contributed by atoms with van der Waals surface area (Å²) in [4.78, 5) is 11.6. The predicted octanol–water partition coefficient (Wildman–Crippen LogP) is 3.54. The molecule has 0 N–H and O–H groups in total. The first-order valence-electron chi connectivity index (χ1n) is 5.46. The van der Waals surface area contributed by atoms with Crippen LogP contribution in [0.4, 0.5) is 0 Å². The van der Waals surface area contributed by atoms with Crippen molar-refractivity contribution in [1.82, 2.24) is 0 Å². The molecule has 0 saturated carbocycles. The van der Waals surface area contributed by atoms with E-state index in [0.29, 0.717) is 0 Å². The Morgan fingerprint density at radius 3 is 2.13 bits per heavy atom. The molecule has 1 atom stereocenters. The molecule has 0 amide bonds. The lowest BCUT2D eigenvalue weighted by Gasteiger charge is -2.37. The van der Waals surface area contributed by atoms with Crippen LogP contribution in [0.25, 0.3) is 0 Å². The highest BCUT2D eigenvalue weighted by atomic mass is 28.4. The molecule has 0 aliphatic heterocycles. The molecule has 3 heteroatoms. The quantitative estimate of drug-likeness (QED) is 0.543. The minimum absolute atomic E-state index is 0.0577. The van der Waals surface area contributed by atoms with Crippen LogP contribution in [0.15, 0.2) is 12.2 Å². The van der Waals surface area contributed by atoms with Crippen molar-refractivity contribution in [3.8, 4) is 0 Å². The van der Waals surface area contributed by atoms with Crippen molar-refractivity contribution in [3.05, 3.63) is 12.2 Å². The van der Waals surface area contributed by atoms with Gasteiger partial charge in [0.15, 0.2) is 14.1 Å². The van der Waals surface area contributed by atoms with Gasteiger partial charge < -0.3 is 4.43 Å². The fraction of sp³-hybridized carbons (Fsp3) is 0.750. The Hall–Kier alpha value is -0.413. The van der Waals surface area contributed by atoms with Gasteiger partial charge in [-0.1, -0.05) is 26.8 Å². The molecule has 15 heavy (non-hydrogen) atoms. The molecule has 0 bridgehead atoms. The Bertz CT molecular complexity index is 249. The van der Waals surface area contributed by atoms with Gasteiger partial charge in [-0.15, -0.1) is 0 Å². The molecule has 88 valence electrons. The highest BCUT2D eigenvalue weighted by Gasteiger charge is 2.39. The van der Waals surface area contributed by atoms with Crippen LogP contribution >= 0.6 is 0 Å². The number of hydrogen-bond acceptors (Lipinski definition) is 2. The summed E-state index contributed by atoms with van der Waals surface area (Å²) in [5.74, 6) is 0.0577. The van der Waals surface area contributed by atoms with Crippen LogP contribution in [0.5, 0.6) is 0 Å². The molecule has 0 aromatic heterocycles. The van der Waals surface area contributed by atoms with Gasteiger partial charge in [-0.05, 0) is 38.1 Å². The fourth-order valence-electron chi connectivity index (χ4n) is 0.977. The molecule has 0 aliphatic carbocycles. The largest absolute Gasteiger partial charge is 0.407 e. The van der Waals surface area contributed by atoms with Crippen molar-refractivity contribution in [1.29, 1.82) is 0 Å². The number of carbonyl (C=O) groups excluding carboxylic acids is 1. The van der Waals surface area contributed by atoms with Gasteiger partial charge in [0.1, 0.15) is 6.10 Å². The minimum atomic E-state index is -1.81. The van der Waals surface area contributed by atoms with E-state index in [1.54, 1.807) is 12.2 Å². The summed E-state index contributed by atoms with van der Waals surface area (Å²) in [6.07, 6.45) is 3.02. The Balaban J connectivity index is 4.54. The molecule has 0 radical (unpaired) electrons. The van der Waals surface area contributed by atoms with E-state index >= 15 is 0 Å². The first kappa shape index (κ1) is 14.6. The van der Waals surface area contributed by atoms with Crippen LogP contribution in [-0.2, 0) is 9.22 Å².